The van der Waals surface area contributed by atoms with Gasteiger partial charge in [-0.15, -0.1) is 24.0 Å². The summed E-state index contributed by atoms with van der Waals surface area (Å²) in [6, 6.07) is 14.6. The highest BCUT2D eigenvalue weighted by Crippen LogP contribution is 2.21. The van der Waals surface area contributed by atoms with Crippen molar-refractivity contribution in [3.05, 3.63) is 59.7 Å². The van der Waals surface area contributed by atoms with Crippen molar-refractivity contribution in [1.82, 2.24) is 10.6 Å². The summed E-state index contributed by atoms with van der Waals surface area (Å²) >= 11 is 0. The first kappa shape index (κ1) is 26.2. The third kappa shape index (κ3) is 8.49. The third-order valence-electron chi connectivity index (χ3n) is 4.55. The monoisotopic (exact) mass is 546 g/mol. The Kier molecular flexibility index (Phi) is 11.1. The molecule has 2 aromatic rings. The molecule has 1 unspecified atom stereocenters. The Morgan fingerprint density at radius 2 is 1.87 bits per heavy atom. The second-order valence-electron chi connectivity index (χ2n) is 6.78. The second kappa shape index (κ2) is 12.8. The summed E-state index contributed by atoms with van der Waals surface area (Å²) in [5.74, 6) is 1.94. The topological polar surface area (TPSA) is 106 Å². The maximum Gasteiger partial charge on any atom is 0.238 e. The van der Waals surface area contributed by atoms with Crippen molar-refractivity contribution < 1.29 is 13.2 Å². The molecule has 0 aliphatic rings. The van der Waals surface area contributed by atoms with Gasteiger partial charge in [-0.3, -0.25) is 0 Å². The maximum atomic E-state index is 11.5. The van der Waals surface area contributed by atoms with Crippen LogP contribution in [0.25, 0.3) is 0 Å². The van der Waals surface area contributed by atoms with Gasteiger partial charge in [0.15, 0.2) is 5.96 Å². The number of rotatable bonds is 9. The van der Waals surface area contributed by atoms with Gasteiger partial charge in [0.1, 0.15) is 5.75 Å². The minimum atomic E-state index is -3.72. The van der Waals surface area contributed by atoms with Crippen molar-refractivity contribution in [2.75, 3.05) is 20.2 Å². The standard InChI is InChI=1S/C21H30N4O3S.HI/c1-4-23-21(25-15-17-6-5-7-20(14-17)29(22,26)27)24-13-12-16(2)18-8-10-19(28-3)11-9-18;/h5-11,14,16H,4,12-13,15H2,1-3H3,(H2,22,26,27)(H2,23,24,25);1H. The number of halogens is 1. The highest BCUT2D eigenvalue weighted by atomic mass is 127. The SMILES string of the molecule is CCNC(=NCc1cccc(S(N)(=O)=O)c1)NCCC(C)c1ccc(OC)cc1.I. The second-order valence-corrected chi connectivity index (χ2v) is 8.34. The Morgan fingerprint density at radius 1 is 1.17 bits per heavy atom. The van der Waals surface area contributed by atoms with Crippen molar-refractivity contribution >= 4 is 40.0 Å². The van der Waals surface area contributed by atoms with Gasteiger partial charge in [0.2, 0.25) is 10.0 Å². The molecule has 4 N–H and O–H groups in total. The highest BCUT2D eigenvalue weighted by Gasteiger charge is 2.09. The van der Waals surface area contributed by atoms with Crippen molar-refractivity contribution in [2.24, 2.45) is 10.1 Å². The molecular weight excluding hydrogens is 515 g/mol. The number of nitrogens with two attached hydrogens (primary N) is 1. The Bertz CT molecular complexity index is 918. The number of methoxy groups -OCH3 is 1. The van der Waals surface area contributed by atoms with E-state index in [0.29, 0.717) is 18.4 Å². The predicted molar refractivity (Wildman–Crippen MR) is 132 cm³/mol. The summed E-state index contributed by atoms with van der Waals surface area (Å²) in [7, 11) is -2.05. The molecule has 7 nitrogen and oxygen atoms in total. The van der Waals surface area contributed by atoms with Crippen LogP contribution in [0.1, 0.15) is 37.3 Å². The van der Waals surface area contributed by atoms with E-state index in [2.05, 4.69) is 34.7 Å². The van der Waals surface area contributed by atoms with Gasteiger partial charge in [0.05, 0.1) is 18.6 Å². The van der Waals surface area contributed by atoms with Crippen LogP contribution in [0.3, 0.4) is 0 Å². The number of benzene rings is 2. The molecular formula is C21H31IN4O3S. The molecule has 0 bridgehead atoms. The number of hydrogen-bond donors (Lipinski definition) is 3. The lowest BCUT2D eigenvalue weighted by Crippen LogP contribution is -2.38. The van der Waals surface area contributed by atoms with Gasteiger partial charge in [-0.2, -0.15) is 0 Å². The quantitative estimate of drug-likeness (QED) is 0.255. The van der Waals surface area contributed by atoms with Crippen LogP contribution in [0.15, 0.2) is 58.4 Å². The summed E-state index contributed by atoms with van der Waals surface area (Å²) in [5, 5.41) is 11.7. The average Bonchev–Trinajstić information content (AvgIpc) is 2.71. The van der Waals surface area contributed by atoms with Crippen molar-refractivity contribution in [2.45, 2.75) is 37.6 Å². The molecule has 0 aliphatic heterocycles. The maximum absolute atomic E-state index is 11.5. The van der Waals surface area contributed by atoms with E-state index in [-0.39, 0.29) is 28.9 Å². The molecule has 1 atom stereocenters. The lowest BCUT2D eigenvalue weighted by molar-refractivity contribution is 0.414. The lowest BCUT2D eigenvalue weighted by Gasteiger charge is -2.15. The molecule has 0 heterocycles. The molecule has 0 aliphatic carbocycles. The van der Waals surface area contributed by atoms with E-state index in [1.807, 2.05) is 25.1 Å². The van der Waals surface area contributed by atoms with Crippen LogP contribution in [0.4, 0.5) is 0 Å². The summed E-state index contributed by atoms with van der Waals surface area (Å²) in [5.41, 5.74) is 2.04. The van der Waals surface area contributed by atoms with E-state index in [1.165, 1.54) is 11.6 Å². The Morgan fingerprint density at radius 3 is 2.47 bits per heavy atom. The minimum Gasteiger partial charge on any atom is -0.497 e. The summed E-state index contributed by atoms with van der Waals surface area (Å²) in [6.45, 7) is 6.03. The van der Waals surface area contributed by atoms with Gasteiger partial charge in [0.25, 0.3) is 0 Å². The van der Waals surface area contributed by atoms with Crippen LogP contribution >= 0.6 is 24.0 Å². The van der Waals surface area contributed by atoms with Crippen LogP contribution in [0.5, 0.6) is 5.75 Å². The highest BCUT2D eigenvalue weighted by molar-refractivity contribution is 14.0. The number of aliphatic imine (C=N–C) groups is 1. The molecule has 9 heteroatoms. The molecule has 0 aromatic heterocycles. The Hall–Kier alpha value is -1.85. The fourth-order valence-electron chi connectivity index (χ4n) is 2.84. The number of ether oxygens (including phenoxy) is 1. The first-order valence-electron chi connectivity index (χ1n) is 9.61. The van der Waals surface area contributed by atoms with Crippen LogP contribution < -0.4 is 20.5 Å². The number of nitrogens with one attached hydrogen (secondary N) is 2. The van der Waals surface area contributed by atoms with Crippen LogP contribution in [-0.2, 0) is 16.6 Å². The van der Waals surface area contributed by atoms with Crippen molar-refractivity contribution in [1.29, 1.82) is 0 Å². The summed E-state index contributed by atoms with van der Waals surface area (Å²) in [6.07, 6.45) is 0.942. The van der Waals surface area contributed by atoms with E-state index in [9.17, 15) is 8.42 Å². The molecule has 0 fully saturated rings. The number of nitrogens with zero attached hydrogens (tertiary/aromatic N) is 1. The van der Waals surface area contributed by atoms with E-state index >= 15 is 0 Å². The zero-order valence-corrected chi connectivity index (χ0v) is 20.7. The molecule has 30 heavy (non-hydrogen) atoms. The molecule has 2 rings (SSSR count). The number of primary sulfonamides is 1. The Labute approximate surface area is 196 Å². The van der Waals surface area contributed by atoms with Gasteiger partial charge in [-0.25, -0.2) is 18.5 Å². The predicted octanol–water partition coefficient (Wildman–Crippen LogP) is 3.21. The van der Waals surface area contributed by atoms with E-state index in [0.717, 1.165) is 30.8 Å². The smallest absolute Gasteiger partial charge is 0.238 e. The van der Waals surface area contributed by atoms with E-state index < -0.39 is 10.0 Å². The fraction of sp³-hybridized carbons (Fsp3) is 0.381. The van der Waals surface area contributed by atoms with Crippen LogP contribution in [0.2, 0.25) is 0 Å². The Balaban J connectivity index is 0.00000450. The normalized spacial score (nSPS) is 12.6. The van der Waals surface area contributed by atoms with Gasteiger partial charge < -0.3 is 15.4 Å². The summed E-state index contributed by atoms with van der Waals surface area (Å²) < 4.78 is 28.2. The molecule has 0 spiro atoms. The fourth-order valence-corrected chi connectivity index (χ4v) is 3.42. The van der Waals surface area contributed by atoms with Gasteiger partial charge in [0, 0.05) is 13.1 Å². The molecule has 0 radical (unpaired) electrons. The summed E-state index contributed by atoms with van der Waals surface area (Å²) in [4.78, 5) is 4.64. The number of guanidine groups is 1. The molecule has 0 amide bonds. The van der Waals surface area contributed by atoms with Crippen LogP contribution in [-0.4, -0.2) is 34.6 Å². The molecule has 2 aromatic carbocycles. The largest absolute Gasteiger partial charge is 0.497 e. The molecule has 0 saturated carbocycles. The third-order valence-corrected chi connectivity index (χ3v) is 5.46. The van der Waals surface area contributed by atoms with E-state index in [1.54, 1.807) is 19.2 Å². The van der Waals surface area contributed by atoms with Gasteiger partial charge in [-0.1, -0.05) is 31.2 Å². The zero-order valence-electron chi connectivity index (χ0n) is 17.6. The number of hydrogen-bond acceptors (Lipinski definition) is 4. The van der Waals surface area contributed by atoms with Gasteiger partial charge >= 0.3 is 0 Å². The zero-order chi connectivity index (χ0) is 21.3. The number of sulfonamides is 1. The van der Waals surface area contributed by atoms with Crippen LogP contribution in [0, 0.1) is 0 Å². The van der Waals surface area contributed by atoms with Crippen molar-refractivity contribution in [3.63, 3.8) is 0 Å². The van der Waals surface area contributed by atoms with Crippen molar-refractivity contribution in [3.8, 4) is 5.75 Å². The lowest BCUT2D eigenvalue weighted by atomic mass is 9.98. The first-order valence-corrected chi connectivity index (χ1v) is 11.2. The average molecular weight is 546 g/mol. The first-order chi connectivity index (χ1) is 13.8. The van der Waals surface area contributed by atoms with E-state index in [4.69, 9.17) is 9.88 Å². The minimum absolute atomic E-state index is 0. The van der Waals surface area contributed by atoms with Gasteiger partial charge in [-0.05, 0) is 54.7 Å². The molecule has 0 saturated heterocycles. The molecule has 166 valence electrons.